The molecule has 0 aliphatic carbocycles. The topological polar surface area (TPSA) is 29.1 Å². The Kier molecular flexibility index (Phi) is 4.27. The zero-order valence-corrected chi connectivity index (χ0v) is 10.2. The van der Waals surface area contributed by atoms with Crippen molar-refractivity contribution in [3.63, 3.8) is 0 Å². The maximum atomic E-state index is 10.9. The average Bonchev–Trinajstić information content (AvgIpc) is 2.08. The van der Waals surface area contributed by atoms with Gasteiger partial charge in [-0.25, -0.2) is 0 Å². The number of hydrogen-bond donors (Lipinski definition) is 1. The molecule has 0 saturated carbocycles. The Morgan fingerprint density at radius 1 is 1.46 bits per heavy atom. The Morgan fingerprint density at radius 2 is 2.15 bits per heavy atom. The van der Waals surface area contributed by atoms with Crippen LogP contribution in [0, 0.1) is 0 Å². The van der Waals surface area contributed by atoms with E-state index >= 15 is 0 Å². The molecule has 3 heteroatoms. The molecule has 0 radical (unpaired) electrons. The van der Waals surface area contributed by atoms with Crippen LogP contribution in [-0.4, -0.2) is 26.8 Å². The summed E-state index contributed by atoms with van der Waals surface area (Å²) in [5, 5.41) is 2.85. The summed E-state index contributed by atoms with van der Waals surface area (Å²) >= 11 is -0.111. The van der Waals surface area contributed by atoms with E-state index < -0.39 is 0 Å². The first kappa shape index (κ1) is 10.6. The summed E-state index contributed by atoms with van der Waals surface area (Å²) in [5.74, 6) is 0.0102. The summed E-state index contributed by atoms with van der Waals surface area (Å²) in [6.07, 6.45) is 0. The van der Waals surface area contributed by atoms with Crippen LogP contribution in [-0.2, 0) is 4.79 Å². The van der Waals surface area contributed by atoms with E-state index in [9.17, 15) is 4.79 Å². The average molecular weight is 291 g/mol. The molecule has 0 saturated heterocycles. The van der Waals surface area contributed by atoms with Crippen LogP contribution in [0.15, 0.2) is 24.3 Å². The monoisotopic (exact) mass is 293 g/mol. The van der Waals surface area contributed by atoms with Crippen LogP contribution in [0.4, 0.5) is 5.69 Å². The third kappa shape index (κ3) is 3.38. The van der Waals surface area contributed by atoms with Crippen LogP contribution in [0.25, 0.3) is 0 Å². The normalized spacial score (nSPS) is 9.69. The number of carbonyl (C=O) groups is 1. The molecular formula is C10H13NOTe. The molecule has 0 fully saturated rings. The first-order valence-electron chi connectivity index (χ1n) is 4.23. The molecule has 1 aromatic rings. The van der Waals surface area contributed by atoms with E-state index in [1.165, 1.54) is 8.08 Å². The van der Waals surface area contributed by atoms with Gasteiger partial charge < -0.3 is 0 Å². The first-order chi connectivity index (χ1) is 6.24. The number of amides is 1. The van der Waals surface area contributed by atoms with Gasteiger partial charge in [-0.05, 0) is 0 Å². The molecule has 1 aromatic carbocycles. The Balaban J connectivity index is 2.84. The van der Waals surface area contributed by atoms with Crippen molar-refractivity contribution in [2.75, 3.05) is 5.32 Å². The van der Waals surface area contributed by atoms with Gasteiger partial charge in [-0.15, -0.1) is 0 Å². The van der Waals surface area contributed by atoms with Crippen molar-refractivity contribution in [3.05, 3.63) is 24.3 Å². The molecule has 0 spiro atoms. The molecule has 1 N–H and O–H groups in total. The second-order valence-corrected chi connectivity index (χ2v) is 6.34. The SMILES string of the molecule is CC[Te]c1ccccc1NC(C)=O. The second-order valence-electron chi connectivity index (χ2n) is 2.61. The van der Waals surface area contributed by atoms with Gasteiger partial charge in [-0.3, -0.25) is 0 Å². The van der Waals surface area contributed by atoms with Crippen LogP contribution in [0.2, 0.25) is 4.47 Å². The molecular weight excluding hydrogens is 278 g/mol. The Bertz CT molecular complexity index is 299. The summed E-state index contributed by atoms with van der Waals surface area (Å²) in [5.41, 5.74) is 0.999. The summed E-state index contributed by atoms with van der Waals surface area (Å²) in [4.78, 5) is 10.9. The Morgan fingerprint density at radius 3 is 2.77 bits per heavy atom. The fourth-order valence-electron chi connectivity index (χ4n) is 1.04. The van der Waals surface area contributed by atoms with Gasteiger partial charge in [0.25, 0.3) is 0 Å². The molecule has 0 aliphatic heterocycles. The van der Waals surface area contributed by atoms with Crippen LogP contribution in [0.1, 0.15) is 13.8 Å². The van der Waals surface area contributed by atoms with Gasteiger partial charge in [-0.1, -0.05) is 0 Å². The summed E-state index contributed by atoms with van der Waals surface area (Å²) in [6.45, 7) is 3.73. The first-order valence-corrected chi connectivity index (χ1v) is 7.04. The minimum atomic E-state index is -0.111. The Hall–Kier alpha value is -0.520. The molecule has 2 nitrogen and oxygen atoms in total. The van der Waals surface area contributed by atoms with Crippen molar-refractivity contribution in [3.8, 4) is 0 Å². The van der Waals surface area contributed by atoms with E-state index in [1.807, 2.05) is 18.2 Å². The van der Waals surface area contributed by atoms with E-state index in [4.69, 9.17) is 0 Å². The number of rotatable bonds is 3. The minimum absolute atomic E-state index is 0.0102. The number of anilines is 1. The van der Waals surface area contributed by atoms with Gasteiger partial charge in [0.2, 0.25) is 0 Å². The molecule has 13 heavy (non-hydrogen) atoms. The van der Waals surface area contributed by atoms with E-state index in [0.29, 0.717) is 0 Å². The van der Waals surface area contributed by atoms with E-state index in [0.717, 1.165) is 5.69 Å². The third-order valence-corrected chi connectivity index (χ3v) is 4.23. The molecule has 0 atom stereocenters. The van der Waals surface area contributed by atoms with E-state index in [-0.39, 0.29) is 26.8 Å². The van der Waals surface area contributed by atoms with Crippen molar-refractivity contribution >= 4 is 36.1 Å². The predicted octanol–water partition coefficient (Wildman–Crippen LogP) is 1.41. The van der Waals surface area contributed by atoms with Gasteiger partial charge in [0.15, 0.2) is 0 Å². The summed E-state index contributed by atoms with van der Waals surface area (Å²) in [7, 11) is 0. The molecule has 0 bridgehead atoms. The second kappa shape index (κ2) is 5.26. The molecule has 0 unspecified atom stereocenters. The van der Waals surface area contributed by atoms with Gasteiger partial charge >= 0.3 is 88.8 Å². The summed E-state index contributed by atoms with van der Waals surface area (Å²) in [6, 6.07) is 8.06. The van der Waals surface area contributed by atoms with Crippen LogP contribution in [0.5, 0.6) is 0 Å². The molecule has 0 aromatic heterocycles. The number of hydrogen-bond acceptors (Lipinski definition) is 1. The quantitative estimate of drug-likeness (QED) is 0.838. The van der Waals surface area contributed by atoms with Crippen molar-refractivity contribution in [2.45, 2.75) is 18.3 Å². The fraction of sp³-hybridized carbons (Fsp3) is 0.300. The van der Waals surface area contributed by atoms with Gasteiger partial charge in [0.05, 0.1) is 0 Å². The maximum absolute atomic E-state index is 10.9. The molecule has 0 aliphatic rings. The van der Waals surface area contributed by atoms with Gasteiger partial charge in [0, 0.05) is 0 Å². The predicted molar refractivity (Wildman–Crippen MR) is 56.6 cm³/mol. The van der Waals surface area contributed by atoms with Crippen molar-refractivity contribution in [2.24, 2.45) is 0 Å². The van der Waals surface area contributed by atoms with Crippen LogP contribution < -0.4 is 8.93 Å². The van der Waals surface area contributed by atoms with Crippen molar-refractivity contribution in [1.82, 2.24) is 0 Å². The number of nitrogens with one attached hydrogen (secondary N) is 1. The van der Waals surface area contributed by atoms with Crippen molar-refractivity contribution in [1.29, 1.82) is 0 Å². The molecule has 0 heterocycles. The zero-order valence-electron chi connectivity index (χ0n) is 7.83. The fourth-order valence-corrected chi connectivity index (χ4v) is 3.21. The van der Waals surface area contributed by atoms with Gasteiger partial charge in [0.1, 0.15) is 0 Å². The molecule has 1 rings (SSSR count). The standard InChI is InChI=1S/C10H13NOTe/c1-3-13-10-7-5-4-6-9(10)11-8(2)12/h4-7H,3H2,1-2H3,(H,11,12). The summed E-state index contributed by atoms with van der Waals surface area (Å²) < 4.78 is 2.56. The Labute approximate surface area is 88.8 Å². The number of benzene rings is 1. The van der Waals surface area contributed by atoms with E-state index in [2.05, 4.69) is 18.3 Å². The van der Waals surface area contributed by atoms with Gasteiger partial charge in [-0.2, -0.15) is 0 Å². The molecule has 70 valence electrons. The molecule has 1 amide bonds. The van der Waals surface area contributed by atoms with Crippen LogP contribution in [0.3, 0.4) is 0 Å². The number of para-hydroxylation sites is 1. The van der Waals surface area contributed by atoms with Crippen molar-refractivity contribution < 1.29 is 4.79 Å². The zero-order chi connectivity index (χ0) is 9.68. The third-order valence-electron chi connectivity index (χ3n) is 1.50. The number of carbonyl (C=O) groups excluding carboxylic acids is 1. The van der Waals surface area contributed by atoms with Crippen LogP contribution >= 0.6 is 0 Å². The van der Waals surface area contributed by atoms with E-state index in [1.54, 1.807) is 6.92 Å².